The summed E-state index contributed by atoms with van der Waals surface area (Å²) in [5.74, 6) is 0.155. The lowest BCUT2D eigenvalue weighted by molar-refractivity contribution is -0.384. The molecule has 2 aromatic rings. The molecular weight excluding hydrogens is 262 g/mol. The monoisotopic (exact) mass is 267 g/mol. The van der Waals surface area contributed by atoms with Gasteiger partial charge in [0.25, 0.3) is 5.69 Å². The van der Waals surface area contributed by atoms with Crippen LogP contribution in [-0.4, -0.2) is 14.9 Å². The molecule has 1 N–H and O–H groups in total. The fourth-order valence-corrected chi connectivity index (χ4v) is 1.41. The number of rotatable bonds is 3. The highest BCUT2D eigenvalue weighted by Gasteiger charge is 2.08. The average Bonchev–Trinajstić information content (AvgIpc) is 2.27. The number of nitrogens with one attached hydrogen (secondary N) is 1. The normalized spacial score (nSPS) is 10.1. The van der Waals surface area contributed by atoms with Gasteiger partial charge >= 0.3 is 5.69 Å². The van der Waals surface area contributed by atoms with Crippen LogP contribution in [0, 0.1) is 10.1 Å². The number of nitro groups is 1. The number of non-ortho nitro benzene ring substituents is 1. The molecule has 0 aliphatic heterocycles. The van der Waals surface area contributed by atoms with Crippen molar-refractivity contribution in [2.75, 3.05) is 0 Å². The first-order valence-corrected chi connectivity index (χ1v) is 5.11. The lowest BCUT2D eigenvalue weighted by atomic mass is 10.3. The molecule has 1 heterocycles. The van der Waals surface area contributed by atoms with Crippen LogP contribution in [0.25, 0.3) is 0 Å². The maximum absolute atomic E-state index is 11.0. The molecule has 0 saturated heterocycles. The third kappa shape index (κ3) is 2.83. The topological polar surface area (TPSA) is 98.1 Å². The second-order valence-corrected chi connectivity index (χ2v) is 3.64. The van der Waals surface area contributed by atoms with Crippen molar-refractivity contribution < 1.29 is 9.66 Å². The highest BCUT2D eigenvalue weighted by atomic mass is 35.5. The van der Waals surface area contributed by atoms with Gasteiger partial charge in [-0.1, -0.05) is 17.7 Å². The maximum atomic E-state index is 11.0. The SMILES string of the molecule is O=c1nc(Oc2cccc([N+](=O)[O-])c2)cc(Cl)[nH]1. The van der Waals surface area contributed by atoms with E-state index in [0.717, 1.165) is 0 Å². The first-order chi connectivity index (χ1) is 8.54. The molecule has 0 radical (unpaired) electrons. The molecule has 7 nitrogen and oxygen atoms in total. The largest absolute Gasteiger partial charge is 0.438 e. The van der Waals surface area contributed by atoms with Crippen LogP contribution in [0.3, 0.4) is 0 Å². The standard InChI is InChI=1S/C10H6ClN3O4/c11-8-5-9(13-10(15)12-8)18-7-3-1-2-6(4-7)14(16)17/h1-5H,(H,12,13,15). The van der Waals surface area contributed by atoms with E-state index in [1.54, 1.807) is 0 Å². The number of nitrogens with zero attached hydrogens (tertiary/aromatic N) is 2. The smallest absolute Gasteiger partial charge is 0.349 e. The lowest BCUT2D eigenvalue weighted by Crippen LogP contribution is -2.10. The molecule has 0 aliphatic carbocycles. The number of benzene rings is 1. The second kappa shape index (κ2) is 4.84. The van der Waals surface area contributed by atoms with Crippen LogP contribution in [0.2, 0.25) is 5.15 Å². The van der Waals surface area contributed by atoms with Crippen molar-refractivity contribution >= 4 is 17.3 Å². The van der Waals surface area contributed by atoms with Crippen LogP contribution in [-0.2, 0) is 0 Å². The van der Waals surface area contributed by atoms with Gasteiger partial charge in [0.15, 0.2) is 0 Å². The Hall–Kier alpha value is -2.41. The number of H-pyrrole nitrogens is 1. The van der Waals surface area contributed by atoms with Crippen LogP contribution in [0.15, 0.2) is 35.1 Å². The Bertz CT molecular complexity index is 656. The Morgan fingerprint density at radius 1 is 1.39 bits per heavy atom. The number of aromatic nitrogens is 2. The lowest BCUT2D eigenvalue weighted by Gasteiger charge is -2.03. The minimum absolute atomic E-state index is 0.0377. The summed E-state index contributed by atoms with van der Waals surface area (Å²) in [5, 5.41) is 10.6. The van der Waals surface area contributed by atoms with Gasteiger partial charge in [-0.15, -0.1) is 0 Å². The first-order valence-electron chi connectivity index (χ1n) is 4.74. The molecule has 0 bridgehead atoms. The van der Waals surface area contributed by atoms with E-state index < -0.39 is 10.6 Å². The summed E-state index contributed by atoms with van der Waals surface area (Å²) in [6.07, 6.45) is 0. The number of halogens is 1. The molecule has 1 aromatic carbocycles. The van der Waals surface area contributed by atoms with Crippen molar-refractivity contribution in [2.24, 2.45) is 0 Å². The Kier molecular flexibility index (Phi) is 3.24. The van der Waals surface area contributed by atoms with Crippen molar-refractivity contribution in [3.05, 3.63) is 56.1 Å². The van der Waals surface area contributed by atoms with Crippen molar-refractivity contribution in [3.63, 3.8) is 0 Å². The van der Waals surface area contributed by atoms with Crippen LogP contribution >= 0.6 is 11.6 Å². The fourth-order valence-electron chi connectivity index (χ4n) is 1.24. The van der Waals surface area contributed by atoms with E-state index in [-0.39, 0.29) is 22.5 Å². The highest BCUT2D eigenvalue weighted by Crippen LogP contribution is 2.23. The summed E-state index contributed by atoms with van der Waals surface area (Å²) in [7, 11) is 0. The van der Waals surface area contributed by atoms with E-state index in [0.29, 0.717) is 0 Å². The molecule has 0 unspecified atom stereocenters. The van der Waals surface area contributed by atoms with Gasteiger partial charge in [0.1, 0.15) is 10.9 Å². The van der Waals surface area contributed by atoms with Crippen LogP contribution < -0.4 is 10.4 Å². The summed E-state index contributed by atoms with van der Waals surface area (Å²) in [5.41, 5.74) is -0.786. The molecule has 1 aromatic heterocycles. The minimum atomic E-state index is -0.664. The molecule has 0 spiro atoms. The number of ether oxygens (including phenoxy) is 1. The molecule has 0 saturated carbocycles. The van der Waals surface area contributed by atoms with Gasteiger partial charge in [0.2, 0.25) is 5.88 Å². The molecular formula is C10H6ClN3O4. The van der Waals surface area contributed by atoms with Crippen molar-refractivity contribution in [1.29, 1.82) is 0 Å². The van der Waals surface area contributed by atoms with Gasteiger partial charge in [-0.05, 0) is 6.07 Å². The predicted molar refractivity (Wildman–Crippen MR) is 63.0 cm³/mol. The maximum Gasteiger partial charge on any atom is 0.349 e. The zero-order chi connectivity index (χ0) is 13.1. The number of nitro benzene ring substituents is 1. The van der Waals surface area contributed by atoms with Gasteiger partial charge in [-0.3, -0.25) is 15.1 Å². The van der Waals surface area contributed by atoms with Gasteiger partial charge in [0, 0.05) is 12.1 Å². The third-order valence-corrected chi connectivity index (χ3v) is 2.14. The quantitative estimate of drug-likeness (QED) is 0.522. The van der Waals surface area contributed by atoms with Crippen LogP contribution in [0.5, 0.6) is 11.6 Å². The van der Waals surface area contributed by atoms with E-state index in [9.17, 15) is 14.9 Å². The summed E-state index contributed by atoms with van der Waals surface area (Å²) in [4.78, 5) is 26.8. The number of hydrogen-bond donors (Lipinski definition) is 1. The Morgan fingerprint density at radius 2 is 2.17 bits per heavy atom. The van der Waals surface area contributed by atoms with Crippen LogP contribution in [0.4, 0.5) is 5.69 Å². The van der Waals surface area contributed by atoms with E-state index in [1.807, 2.05) is 0 Å². The Labute approximate surface area is 105 Å². The molecule has 2 rings (SSSR count). The average molecular weight is 268 g/mol. The first kappa shape index (κ1) is 12.1. The van der Waals surface area contributed by atoms with Gasteiger partial charge in [-0.25, -0.2) is 4.79 Å². The molecule has 0 atom stereocenters. The van der Waals surface area contributed by atoms with Gasteiger partial charge < -0.3 is 4.74 Å². The van der Waals surface area contributed by atoms with Crippen LogP contribution in [0.1, 0.15) is 0 Å². The van der Waals surface area contributed by atoms with Gasteiger partial charge in [0.05, 0.1) is 11.0 Å². The highest BCUT2D eigenvalue weighted by molar-refractivity contribution is 6.29. The van der Waals surface area contributed by atoms with Gasteiger partial charge in [-0.2, -0.15) is 4.98 Å². The van der Waals surface area contributed by atoms with E-state index in [2.05, 4.69) is 9.97 Å². The number of hydrogen-bond acceptors (Lipinski definition) is 5. The summed E-state index contributed by atoms with van der Waals surface area (Å²) in [6, 6.07) is 6.80. The molecule has 0 amide bonds. The van der Waals surface area contributed by atoms with E-state index in [4.69, 9.17) is 16.3 Å². The zero-order valence-corrected chi connectivity index (χ0v) is 9.55. The second-order valence-electron chi connectivity index (χ2n) is 3.23. The molecule has 92 valence electrons. The molecule has 8 heteroatoms. The Morgan fingerprint density at radius 3 is 2.83 bits per heavy atom. The van der Waals surface area contributed by atoms with E-state index >= 15 is 0 Å². The molecule has 18 heavy (non-hydrogen) atoms. The molecule has 0 fully saturated rings. The summed E-state index contributed by atoms with van der Waals surface area (Å²) in [6.45, 7) is 0. The van der Waals surface area contributed by atoms with Crippen molar-refractivity contribution in [1.82, 2.24) is 9.97 Å². The summed E-state index contributed by atoms with van der Waals surface area (Å²) >= 11 is 5.61. The summed E-state index contributed by atoms with van der Waals surface area (Å²) < 4.78 is 5.21. The number of aromatic amines is 1. The predicted octanol–water partition coefficient (Wildman–Crippen LogP) is 2.12. The van der Waals surface area contributed by atoms with E-state index in [1.165, 1.54) is 30.3 Å². The zero-order valence-electron chi connectivity index (χ0n) is 8.79. The van der Waals surface area contributed by atoms with Crippen molar-refractivity contribution in [3.8, 4) is 11.6 Å². The Balaban J connectivity index is 2.31. The third-order valence-electron chi connectivity index (χ3n) is 1.94. The molecule has 0 aliphatic rings. The fraction of sp³-hybridized carbons (Fsp3) is 0. The van der Waals surface area contributed by atoms with Crippen molar-refractivity contribution in [2.45, 2.75) is 0 Å². The minimum Gasteiger partial charge on any atom is -0.438 e.